The monoisotopic (exact) mass is 237 g/mol. The third-order valence-electron chi connectivity index (χ3n) is 4.63. The van der Waals surface area contributed by atoms with E-state index in [-0.39, 0.29) is 5.41 Å². The van der Waals surface area contributed by atoms with Gasteiger partial charge in [-0.25, -0.2) is 0 Å². The van der Waals surface area contributed by atoms with Crippen molar-refractivity contribution in [1.82, 2.24) is 4.57 Å². The van der Waals surface area contributed by atoms with E-state index in [4.69, 9.17) is 0 Å². The molecule has 2 heterocycles. The minimum Gasteiger partial charge on any atom is -0.342 e. The first-order chi connectivity index (χ1) is 8.73. The van der Waals surface area contributed by atoms with Gasteiger partial charge >= 0.3 is 0 Å². The molecule has 90 valence electrons. The van der Waals surface area contributed by atoms with E-state index in [1.54, 1.807) is 0 Å². The second kappa shape index (κ2) is 3.14. The van der Waals surface area contributed by atoms with Crippen LogP contribution in [0.5, 0.6) is 0 Å². The summed E-state index contributed by atoms with van der Waals surface area (Å²) in [5.41, 5.74) is 3.09. The average Bonchev–Trinajstić information content (AvgIpc) is 3.04. The van der Waals surface area contributed by atoms with Crippen LogP contribution in [0, 0.1) is 12.8 Å². The zero-order chi connectivity index (χ0) is 12.3. The molecule has 1 aromatic carbocycles. The number of fused-ring (bicyclic) bond motifs is 2. The number of carbonyl (C=O) groups is 1. The van der Waals surface area contributed by atoms with Gasteiger partial charge < -0.3 is 4.57 Å². The second-order valence-corrected chi connectivity index (χ2v) is 5.54. The van der Waals surface area contributed by atoms with Crippen LogP contribution in [-0.2, 0) is 12.0 Å². The molecule has 0 saturated heterocycles. The van der Waals surface area contributed by atoms with Crippen LogP contribution in [0.15, 0.2) is 42.5 Å². The molecular weight excluding hydrogens is 222 g/mol. The summed E-state index contributed by atoms with van der Waals surface area (Å²) >= 11 is 0. The largest absolute Gasteiger partial charge is 0.342 e. The molecule has 1 fully saturated rings. The lowest BCUT2D eigenvalue weighted by molar-refractivity contribution is 0.0910. The summed E-state index contributed by atoms with van der Waals surface area (Å²) in [5.74, 6) is 0.809. The summed E-state index contributed by atoms with van der Waals surface area (Å²) < 4.78 is 2.18. The first-order valence-electron chi connectivity index (χ1n) is 6.50. The highest BCUT2D eigenvalue weighted by Gasteiger charge is 2.63. The van der Waals surface area contributed by atoms with E-state index in [0.717, 1.165) is 18.7 Å². The van der Waals surface area contributed by atoms with Gasteiger partial charge in [-0.2, -0.15) is 0 Å². The quantitative estimate of drug-likeness (QED) is 0.747. The van der Waals surface area contributed by atoms with Gasteiger partial charge in [0, 0.05) is 12.2 Å². The molecule has 0 bridgehead atoms. The summed E-state index contributed by atoms with van der Waals surface area (Å²) in [7, 11) is 0. The third kappa shape index (κ3) is 1.06. The minimum absolute atomic E-state index is 0.206. The van der Waals surface area contributed by atoms with E-state index in [2.05, 4.69) is 29.7 Å². The number of aromatic nitrogens is 1. The molecule has 0 amide bonds. The van der Waals surface area contributed by atoms with E-state index < -0.39 is 0 Å². The molecule has 0 N–H and O–H groups in total. The molecule has 0 radical (unpaired) electrons. The van der Waals surface area contributed by atoms with Gasteiger partial charge in [0.1, 0.15) is 0 Å². The van der Waals surface area contributed by atoms with Gasteiger partial charge in [-0.3, -0.25) is 4.79 Å². The molecule has 0 spiro atoms. The summed E-state index contributed by atoms with van der Waals surface area (Å²) in [4.78, 5) is 12.8. The van der Waals surface area contributed by atoms with E-state index in [0.29, 0.717) is 11.7 Å². The number of nitrogens with zero attached hydrogens (tertiary/aromatic N) is 1. The van der Waals surface area contributed by atoms with Gasteiger partial charge in [0.15, 0.2) is 5.78 Å². The summed E-state index contributed by atoms with van der Waals surface area (Å²) in [6.45, 7) is 3.07. The summed E-state index contributed by atoms with van der Waals surface area (Å²) in [6.07, 6.45) is 1.01. The fraction of sp³-hybridized carbons (Fsp3) is 0.312. The molecule has 1 aliphatic carbocycles. The number of benzene rings is 1. The van der Waals surface area contributed by atoms with Gasteiger partial charge in [0.25, 0.3) is 0 Å². The summed E-state index contributed by atoms with van der Waals surface area (Å²) in [5, 5.41) is 0. The van der Waals surface area contributed by atoms with Crippen LogP contribution in [-0.4, -0.2) is 10.4 Å². The minimum atomic E-state index is -0.206. The maximum absolute atomic E-state index is 12.8. The van der Waals surface area contributed by atoms with Gasteiger partial charge in [-0.1, -0.05) is 30.3 Å². The fourth-order valence-corrected chi connectivity index (χ4v) is 3.51. The van der Waals surface area contributed by atoms with Crippen molar-refractivity contribution in [1.29, 1.82) is 0 Å². The van der Waals surface area contributed by atoms with Crippen LogP contribution in [0.25, 0.3) is 0 Å². The van der Waals surface area contributed by atoms with Crippen LogP contribution in [0.3, 0.4) is 0 Å². The predicted octanol–water partition coefficient (Wildman–Crippen LogP) is 2.95. The Morgan fingerprint density at radius 2 is 1.94 bits per heavy atom. The number of hydrogen-bond acceptors (Lipinski definition) is 1. The van der Waals surface area contributed by atoms with Gasteiger partial charge in [0.2, 0.25) is 0 Å². The van der Waals surface area contributed by atoms with E-state index in [1.165, 1.54) is 11.3 Å². The Morgan fingerprint density at radius 1 is 1.17 bits per heavy atom. The van der Waals surface area contributed by atoms with Crippen molar-refractivity contribution in [2.24, 2.45) is 5.92 Å². The number of Topliss-reactive ketones (excluding diaryl/α,β-unsaturated/α-hetero) is 1. The Bertz CT molecular complexity index is 640. The van der Waals surface area contributed by atoms with Crippen molar-refractivity contribution in [2.75, 3.05) is 0 Å². The lowest BCUT2D eigenvalue weighted by Gasteiger charge is -2.24. The third-order valence-corrected chi connectivity index (χ3v) is 4.63. The molecule has 4 rings (SSSR count). The molecule has 18 heavy (non-hydrogen) atoms. The van der Waals surface area contributed by atoms with Crippen molar-refractivity contribution in [2.45, 2.75) is 25.3 Å². The molecule has 1 aromatic heterocycles. The molecule has 1 aliphatic heterocycles. The van der Waals surface area contributed by atoms with Gasteiger partial charge in [0.05, 0.1) is 11.1 Å². The van der Waals surface area contributed by atoms with Crippen LogP contribution >= 0.6 is 0 Å². The zero-order valence-electron chi connectivity index (χ0n) is 10.4. The topological polar surface area (TPSA) is 22.0 Å². The standard InChI is InChI=1S/C16H15NO/c1-11-7-8-14-15(18)16(9-13(16)10-17(11)14)12-5-3-2-4-6-12/h2-8,13H,9-10H2,1H3. The normalized spacial score (nSPS) is 28.7. The molecule has 2 atom stereocenters. The number of carbonyl (C=O) groups excluding carboxylic acids is 1. The van der Waals surface area contributed by atoms with Crippen LogP contribution < -0.4 is 0 Å². The first-order valence-corrected chi connectivity index (χ1v) is 6.50. The van der Waals surface area contributed by atoms with Crippen molar-refractivity contribution in [3.63, 3.8) is 0 Å². The van der Waals surface area contributed by atoms with Crippen LogP contribution in [0.4, 0.5) is 0 Å². The van der Waals surface area contributed by atoms with E-state index in [9.17, 15) is 4.79 Å². The van der Waals surface area contributed by atoms with Gasteiger partial charge in [-0.05, 0) is 37.0 Å². The maximum atomic E-state index is 12.8. The SMILES string of the molecule is Cc1ccc2n1CC1CC1(c1ccccc1)C2=O. The number of rotatable bonds is 1. The van der Waals surface area contributed by atoms with Crippen molar-refractivity contribution >= 4 is 5.78 Å². The maximum Gasteiger partial charge on any atom is 0.190 e. The molecule has 1 saturated carbocycles. The van der Waals surface area contributed by atoms with Crippen LogP contribution in [0.1, 0.15) is 28.2 Å². The van der Waals surface area contributed by atoms with Crippen molar-refractivity contribution in [3.05, 3.63) is 59.4 Å². The van der Waals surface area contributed by atoms with Crippen molar-refractivity contribution in [3.8, 4) is 0 Å². The lowest BCUT2D eigenvalue weighted by atomic mass is 9.85. The Balaban J connectivity index is 1.86. The highest BCUT2D eigenvalue weighted by Crippen LogP contribution is 2.59. The first kappa shape index (κ1) is 10.1. The molecule has 2 nitrogen and oxygen atoms in total. The predicted molar refractivity (Wildman–Crippen MR) is 69.7 cm³/mol. The Hall–Kier alpha value is -1.83. The smallest absolute Gasteiger partial charge is 0.190 e. The second-order valence-electron chi connectivity index (χ2n) is 5.54. The fourth-order valence-electron chi connectivity index (χ4n) is 3.51. The molecule has 2 aromatic rings. The molecular formula is C16H15NO. The van der Waals surface area contributed by atoms with Gasteiger partial charge in [-0.15, -0.1) is 0 Å². The van der Waals surface area contributed by atoms with Crippen LogP contribution in [0.2, 0.25) is 0 Å². The molecule has 2 aliphatic rings. The number of ketones is 1. The van der Waals surface area contributed by atoms with E-state index in [1.807, 2.05) is 24.3 Å². The Kier molecular flexibility index (Phi) is 1.76. The highest BCUT2D eigenvalue weighted by molar-refractivity contribution is 6.06. The zero-order valence-corrected chi connectivity index (χ0v) is 10.4. The Morgan fingerprint density at radius 3 is 2.72 bits per heavy atom. The average molecular weight is 237 g/mol. The van der Waals surface area contributed by atoms with E-state index >= 15 is 0 Å². The lowest BCUT2D eigenvalue weighted by Crippen LogP contribution is -2.31. The van der Waals surface area contributed by atoms with Crippen molar-refractivity contribution < 1.29 is 4.79 Å². The molecule has 2 unspecified atom stereocenters. The number of hydrogen-bond donors (Lipinski definition) is 0. The molecule has 2 heteroatoms. The summed E-state index contributed by atoms with van der Waals surface area (Å²) in [6, 6.07) is 14.3. The highest BCUT2D eigenvalue weighted by atomic mass is 16.1. The Labute approximate surface area is 106 Å². The number of aryl methyl sites for hydroxylation is 1.